The molecule has 0 spiro atoms. The van der Waals surface area contributed by atoms with E-state index in [0.29, 0.717) is 0 Å². The number of hydrogen-bond donors (Lipinski definition) is 0. The SMILES string of the molecule is [Pt+2].[Pt+2].[Pt+2].[c-]1c(-c2ccccn2)cccc1-n1c2[c-]c(-c3ncc(-n4c5ccccc5c5ccccc54)s3)ccc2c2ccccc21.[c-]1c(-c2ncc(-n3c4ccccc4c4ccccc43)s2)cccc1-n1c2[c-]c(-n3cccn3)ccc2c2ccccc21.[c-]1c(-n2cccn2)cccc1-n1c2[c-]c(-c3ncc(-n4c5ccccc5c5ccccc54)s3)ccc2c2ccccc21. The maximum atomic E-state index is 4.91. The van der Waals surface area contributed by atoms with E-state index in [4.69, 9.17) is 15.0 Å². The molecule has 0 N–H and O–H groups in total. The van der Waals surface area contributed by atoms with Crippen molar-refractivity contribution in [1.82, 2.24) is 66.9 Å². The van der Waals surface area contributed by atoms with Crippen LogP contribution in [0.3, 0.4) is 0 Å². The van der Waals surface area contributed by atoms with Gasteiger partial charge < -0.3 is 18.7 Å². The van der Waals surface area contributed by atoms with Crippen LogP contribution < -0.4 is 0 Å². The minimum Gasteiger partial charge on any atom is -0.352 e. The predicted octanol–water partition coefficient (Wildman–Crippen LogP) is 27.2. The topological polar surface area (TPSA) is 117 Å². The van der Waals surface area contributed by atoms with E-state index < -0.39 is 0 Å². The van der Waals surface area contributed by atoms with E-state index in [1.165, 1.54) is 81.6 Å². The summed E-state index contributed by atoms with van der Waals surface area (Å²) in [6.45, 7) is 0. The second-order valence-electron chi connectivity index (χ2n) is 31.0. The standard InChI is InChI=1S/C38H22N4S.2C36H21N5S.3Pt/c1-4-16-33-30(14-1)31-20-19-26(23-36(31)41(33)27-11-9-10-25(22-27)32-15-7-8-21-39-32)38-40-24-37(43-38)42-34-17-5-2-12-28(34)29-13-3-6-18-35(29)42;1-4-14-31-29(13-1)30-18-17-24(21-34(30)40(31)26-10-7-9-25(22-26)39-20-8-19-38-39)36-37-23-35(42-36)41-32-15-5-2-11-27(32)28-12-3-6-16-33(28)41;1-4-14-31-29(13-1)30-18-17-25(39-20-8-19-38-39)22-34(30)40(31)26-10-7-9-24(21-26)36-37-23-35(42-36)41-32-15-5-2-11-27(32)28-12-3-6-16-33(28)41;;;/h1-21,24H;2*1-20,23H;;;/q3*-2;3*+2. The number of aromatic nitrogens is 14. The molecule has 12 aromatic heterocycles. The molecule has 0 aliphatic heterocycles. The summed E-state index contributed by atoms with van der Waals surface area (Å²) in [7, 11) is 0. The van der Waals surface area contributed by atoms with Crippen molar-refractivity contribution in [3.63, 3.8) is 0 Å². The zero-order valence-corrected chi connectivity index (χ0v) is 77.7. The molecule has 0 amide bonds. The molecule has 130 heavy (non-hydrogen) atoms. The Labute approximate surface area is 799 Å². The summed E-state index contributed by atoms with van der Waals surface area (Å²) in [6.07, 6.45) is 15.2. The average Bonchev–Trinajstić information content (AvgIpc) is 1.60. The van der Waals surface area contributed by atoms with Gasteiger partial charge in [-0.25, -0.2) is 0 Å². The van der Waals surface area contributed by atoms with E-state index in [-0.39, 0.29) is 63.2 Å². The molecule has 0 saturated carbocycles. The second kappa shape index (κ2) is 34.0. The fourth-order valence-corrected chi connectivity index (χ4v) is 21.0. The molecule has 27 aromatic rings. The number of hydrogen-bond acceptors (Lipinski definition) is 9. The number of thiazole rings is 3. The van der Waals surface area contributed by atoms with Crippen LogP contribution in [-0.4, -0.2) is 66.9 Å². The first-order valence-corrected chi connectivity index (χ1v) is 44.2. The summed E-state index contributed by atoms with van der Waals surface area (Å²) in [5.74, 6) is 0. The minimum absolute atomic E-state index is 0. The first kappa shape index (κ1) is 81.4. The molecular weight excluding hydrogens is 2200 g/mol. The smallest absolute Gasteiger partial charge is 0.352 e. The molecule has 14 nitrogen and oxygen atoms in total. The molecule has 20 heteroatoms. The molecule has 0 atom stereocenters. The maximum Gasteiger partial charge on any atom is 2.00 e. The van der Waals surface area contributed by atoms with Gasteiger partial charge in [0.05, 0.1) is 51.7 Å². The molecule has 0 aliphatic carbocycles. The fourth-order valence-electron chi connectivity index (χ4n) is 18.3. The van der Waals surface area contributed by atoms with E-state index in [9.17, 15) is 0 Å². The Bertz CT molecular complexity index is 8810. The number of benzene rings is 15. The summed E-state index contributed by atoms with van der Waals surface area (Å²) >= 11 is 5.05. The Morgan fingerprint density at radius 2 is 0.492 bits per heavy atom. The second-order valence-corrected chi connectivity index (χ2v) is 34.0. The summed E-state index contributed by atoms with van der Waals surface area (Å²) in [4.78, 5) is 19.3. The van der Waals surface area contributed by atoms with Crippen LogP contribution in [0.4, 0.5) is 0 Å². The van der Waals surface area contributed by atoms with Crippen molar-refractivity contribution >= 4 is 165 Å². The first-order chi connectivity index (χ1) is 63.0. The van der Waals surface area contributed by atoms with E-state index >= 15 is 0 Å². The average molecular weight is 2260 g/mol. The van der Waals surface area contributed by atoms with Crippen molar-refractivity contribution in [3.8, 4) is 86.4 Å². The molecule has 0 unspecified atom stereocenters. The molecular formula is C110H64N14Pt3S3. The van der Waals surface area contributed by atoms with Crippen LogP contribution in [0.15, 0.2) is 389 Å². The molecule has 0 aliphatic rings. The monoisotopic (exact) mass is 2260 g/mol. The molecule has 12 heterocycles. The summed E-state index contributed by atoms with van der Waals surface area (Å²) in [5, 5.41) is 29.3. The van der Waals surface area contributed by atoms with E-state index in [1.807, 2.05) is 89.0 Å². The van der Waals surface area contributed by atoms with Crippen LogP contribution in [0.1, 0.15) is 0 Å². The van der Waals surface area contributed by atoms with Crippen LogP contribution in [0, 0.1) is 36.4 Å². The quantitative estimate of drug-likeness (QED) is 0.113. The van der Waals surface area contributed by atoms with Crippen LogP contribution >= 0.6 is 34.0 Å². The third-order valence-corrected chi connectivity index (χ3v) is 26.8. The Balaban J connectivity index is 0.000000113. The van der Waals surface area contributed by atoms with Crippen molar-refractivity contribution in [1.29, 1.82) is 0 Å². The molecule has 0 radical (unpaired) electrons. The number of para-hydroxylation sites is 9. The van der Waals surface area contributed by atoms with Crippen molar-refractivity contribution in [2.24, 2.45) is 0 Å². The normalized spacial score (nSPS) is 11.5. The fraction of sp³-hybridized carbons (Fsp3) is 0. The van der Waals surface area contributed by atoms with Gasteiger partial charge in [0.2, 0.25) is 0 Å². The predicted molar refractivity (Wildman–Crippen MR) is 519 cm³/mol. The van der Waals surface area contributed by atoms with Crippen LogP contribution in [0.2, 0.25) is 0 Å². The van der Waals surface area contributed by atoms with Crippen molar-refractivity contribution in [2.45, 2.75) is 0 Å². The number of rotatable bonds is 12. The molecule has 0 fully saturated rings. The minimum atomic E-state index is 0. The van der Waals surface area contributed by atoms with Crippen molar-refractivity contribution in [3.05, 3.63) is 426 Å². The molecule has 27 rings (SSSR count). The van der Waals surface area contributed by atoms with Gasteiger partial charge in [-0.3, -0.25) is 38.0 Å². The van der Waals surface area contributed by atoms with Crippen LogP contribution in [-0.2, 0) is 63.2 Å². The van der Waals surface area contributed by atoms with E-state index in [2.05, 4.69) is 376 Å². The van der Waals surface area contributed by atoms with Gasteiger partial charge in [-0.2, -0.15) is 22.3 Å². The van der Waals surface area contributed by atoms with Gasteiger partial charge in [0.15, 0.2) is 0 Å². The maximum absolute atomic E-state index is 4.91. The van der Waals surface area contributed by atoms with Gasteiger partial charge in [-0.1, -0.05) is 198 Å². The van der Waals surface area contributed by atoms with Gasteiger partial charge >= 0.3 is 63.2 Å². The summed E-state index contributed by atoms with van der Waals surface area (Å²) < 4.78 is 17.4. The largest absolute Gasteiger partial charge is 2.00 e. The number of nitrogens with zero attached hydrogens (tertiary/aromatic N) is 14. The summed E-state index contributed by atoms with van der Waals surface area (Å²) in [6, 6.07) is 140. The van der Waals surface area contributed by atoms with Crippen molar-refractivity contribution < 1.29 is 63.2 Å². The van der Waals surface area contributed by atoms with E-state index in [0.717, 1.165) is 136 Å². The molecule has 0 bridgehead atoms. The molecule has 15 aromatic carbocycles. The summed E-state index contributed by atoms with van der Waals surface area (Å²) in [5.41, 5.74) is 22.8. The third-order valence-electron chi connectivity index (χ3n) is 23.8. The number of pyridine rings is 1. The van der Waals surface area contributed by atoms with Crippen LogP contribution in [0.5, 0.6) is 0 Å². The van der Waals surface area contributed by atoms with Gasteiger partial charge in [-0.15, -0.1) is 177 Å². The third kappa shape index (κ3) is 13.8. The Morgan fingerprint density at radius 1 is 0.200 bits per heavy atom. The Morgan fingerprint density at radius 3 is 0.854 bits per heavy atom. The van der Waals surface area contributed by atoms with Gasteiger partial charge in [-0.05, 0) is 128 Å². The van der Waals surface area contributed by atoms with Gasteiger partial charge in [0.25, 0.3) is 0 Å². The zero-order chi connectivity index (χ0) is 83.6. The zero-order valence-electron chi connectivity index (χ0n) is 68.4. The van der Waals surface area contributed by atoms with E-state index in [1.54, 1.807) is 46.4 Å². The van der Waals surface area contributed by atoms with Crippen molar-refractivity contribution in [2.75, 3.05) is 0 Å². The Hall–Kier alpha value is -14.4. The van der Waals surface area contributed by atoms with Gasteiger partial charge in [0, 0.05) is 94.9 Å². The first-order valence-electron chi connectivity index (χ1n) is 41.7. The van der Waals surface area contributed by atoms with Gasteiger partial charge in [0.1, 0.15) is 15.0 Å². The Kier molecular flexibility index (Phi) is 21.3. The number of fused-ring (bicyclic) bond motifs is 18. The van der Waals surface area contributed by atoms with Crippen LogP contribution in [0.25, 0.3) is 217 Å². The molecule has 0 saturated heterocycles. The molecule has 622 valence electrons.